The van der Waals surface area contributed by atoms with Crippen molar-refractivity contribution in [3.05, 3.63) is 64.9 Å². The average molecular weight is 513 g/mol. The maximum Gasteiger partial charge on any atom is 0.304 e. The van der Waals surface area contributed by atoms with Gasteiger partial charge in [-0.2, -0.15) is 12.7 Å². The lowest BCUT2D eigenvalue weighted by atomic mass is 10.1. The van der Waals surface area contributed by atoms with Crippen LogP contribution in [-0.4, -0.2) is 62.2 Å². The fourth-order valence-corrected chi connectivity index (χ4v) is 4.41. The molecule has 2 rings (SSSR count). The molecule has 0 unspecified atom stereocenters. The van der Waals surface area contributed by atoms with Crippen LogP contribution in [-0.2, 0) is 26.3 Å². The second kappa shape index (κ2) is 11.6. The van der Waals surface area contributed by atoms with Crippen LogP contribution in [0, 0.1) is 5.82 Å². The van der Waals surface area contributed by atoms with Gasteiger partial charge in [-0.3, -0.25) is 9.59 Å². The van der Waals surface area contributed by atoms with E-state index >= 15 is 0 Å². The largest absolute Gasteiger partial charge is 0.352 e. The van der Waals surface area contributed by atoms with E-state index in [0.717, 1.165) is 10.4 Å². The number of para-hydroxylation sites is 1. The van der Waals surface area contributed by atoms with Gasteiger partial charge in [-0.1, -0.05) is 41.9 Å². The molecule has 11 heteroatoms. The fraction of sp³-hybridized carbons (Fsp3) is 0.391. The highest BCUT2D eigenvalue weighted by Crippen LogP contribution is 2.24. The maximum absolute atomic E-state index is 14.6. The lowest BCUT2D eigenvalue weighted by molar-refractivity contribution is -0.139. The maximum atomic E-state index is 14.6. The van der Waals surface area contributed by atoms with Gasteiger partial charge in [-0.05, 0) is 44.5 Å². The average Bonchev–Trinajstić information content (AvgIpc) is 2.76. The number of amides is 2. The normalized spacial score (nSPS) is 12.5. The topological polar surface area (TPSA) is 90.0 Å². The van der Waals surface area contributed by atoms with Crippen molar-refractivity contribution in [3.8, 4) is 0 Å². The number of halogens is 2. The van der Waals surface area contributed by atoms with Crippen LogP contribution in [0.2, 0.25) is 5.02 Å². The molecule has 34 heavy (non-hydrogen) atoms. The minimum atomic E-state index is -4.24. The number of anilines is 1. The molecule has 186 valence electrons. The van der Waals surface area contributed by atoms with Crippen molar-refractivity contribution >= 4 is 39.3 Å². The zero-order chi connectivity index (χ0) is 25.6. The van der Waals surface area contributed by atoms with Crippen molar-refractivity contribution in [2.24, 2.45) is 0 Å². The van der Waals surface area contributed by atoms with Gasteiger partial charge >= 0.3 is 10.2 Å². The first-order chi connectivity index (χ1) is 15.9. The Hall–Kier alpha value is -2.69. The monoisotopic (exact) mass is 512 g/mol. The molecule has 8 nitrogen and oxygen atoms in total. The van der Waals surface area contributed by atoms with Gasteiger partial charge in [0.05, 0.1) is 5.69 Å². The lowest BCUT2D eigenvalue weighted by Crippen LogP contribution is -2.53. The number of hydrogen-bond acceptors (Lipinski definition) is 4. The third-order valence-corrected chi connectivity index (χ3v) is 7.21. The van der Waals surface area contributed by atoms with Crippen LogP contribution in [0.15, 0.2) is 48.5 Å². The highest BCUT2D eigenvalue weighted by atomic mass is 35.5. The second-order valence-corrected chi connectivity index (χ2v) is 10.7. The van der Waals surface area contributed by atoms with Gasteiger partial charge < -0.3 is 10.2 Å². The van der Waals surface area contributed by atoms with E-state index in [2.05, 4.69) is 5.32 Å². The Kier molecular flexibility index (Phi) is 9.43. The number of benzene rings is 2. The van der Waals surface area contributed by atoms with Gasteiger partial charge in [0.15, 0.2) is 0 Å². The van der Waals surface area contributed by atoms with E-state index in [0.29, 0.717) is 14.9 Å². The van der Waals surface area contributed by atoms with Gasteiger partial charge in [0.2, 0.25) is 11.8 Å². The SMILES string of the molecule is CC(C)NC(=O)[C@@H](C)N(Cc1ccccc1Cl)C(=O)CN(c1ccccc1F)S(=O)(=O)N(C)C. The summed E-state index contributed by atoms with van der Waals surface area (Å²) >= 11 is 6.28. The number of nitrogens with zero attached hydrogens (tertiary/aromatic N) is 3. The number of carbonyl (C=O) groups excluding carboxylic acids is 2. The molecule has 0 aliphatic heterocycles. The van der Waals surface area contributed by atoms with E-state index in [9.17, 15) is 22.4 Å². The summed E-state index contributed by atoms with van der Waals surface area (Å²) in [6.07, 6.45) is 0. The van der Waals surface area contributed by atoms with Gasteiger partial charge in [0, 0.05) is 31.7 Å². The first-order valence-electron chi connectivity index (χ1n) is 10.6. The van der Waals surface area contributed by atoms with Crippen molar-refractivity contribution in [1.82, 2.24) is 14.5 Å². The first kappa shape index (κ1) is 27.6. The minimum absolute atomic E-state index is 0.0433. The Bertz CT molecular complexity index is 1130. The van der Waals surface area contributed by atoms with Crippen molar-refractivity contribution in [2.45, 2.75) is 39.4 Å². The predicted molar refractivity (Wildman–Crippen MR) is 131 cm³/mol. The van der Waals surface area contributed by atoms with Gasteiger partial charge in [0.25, 0.3) is 0 Å². The Morgan fingerprint density at radius 3 is 2.18 bits per heavy atom. The van der Waals surface area contributed by atoms with Crippen LogP contribution < -0.4 is 9.62 Å². The van der Waals surface area contributed by atoms with Crippen LogP contribution in [0.1, 0.15) is 26.3 Å². The van der Waals surface area contributed by atoms with Crippen molar-refractivity contribution in [3.63, 3.8) is 0 Å². The molecule has 0 bridgehead atoms. The minimum Gasteiger partial charge on any atom is -0.352 e. The van der Waals surface area contributed by atoms with E-state index in [1.54, 1.807) is 45.0 Å². The highest BCUT2D eigenvalue weighted by molar-refractivity contribution is 7.90. The molecule has 0 radical (unpaired) electrons. The van der Waals surface area contributed by atoms with Crippen molar-refractivity contribution < 1.29 is 22.4 Å². The third-order valence-electron chi connectivity index (χ3n) is 5.04. The second-order valence-electron chi connectivity index (χ2n) is 8.20. The smallest absolute Gasteiger partial charge is 0.304 e. The Morgan fingerprint density at radius 2 is 1.62 bits per heavy atom. The summed E-state index contributed by atoms with van der Waals surface area (Å²) in [5, 5.41) is 3.15. The van der Waals surface area contributed by atoms with Gasteiger partial charge in [-0.25, -0.2) is 8.70 Å². The molecule has 0 heterocycles. The molecule has 0 saturated heterocycles. The molecule has 1 N–H and O–H groups in total. The number of nitrogens with one attached hydrogen (secondary N) is 1. The van der Waals surface area contributed by atoms with E-state index in [1.807, 2.05) is 0 Å². The van der Waals surface area contributed by atoms with Gasteiger partial charge in [0.1, 0.15) is 18.4 Å². The molecule has 0 aliphatic carbocycles. The summed E-state index contributed by atoms with van der Waals surface area (Å²) in [6.45, 7) is 4.35. The summed E-state index contributed by atoms with van der Waals surface area (Å²) in [5.41, 5.74) is 0.302. The molecule has 0 saturated carbocycles. The molecule has 0 spiro atoms. The van der Waals surface area contributed by atoms with Crippen molar-refractivity contribution in [2.75, 3.05) is 24.9 Å². The Labute approximate surface area is 205 Å². The summed E-state index contributed by atoms with van der Waals surface area (Å²) in [7, 11) is -1.67. The number of hydrogen-bond donors (Lipinski definition) is 1. The molecule has 0 fully saturated rings. The van der Waals surface area contributed by atoms with E-state index in [-0.39, 0.29) is 18.3 Å². The van der Waals surface area contributed by atoms with Crippen LogP contribution in [0.3, 0.4) is 0 Å². The Morgan fingerprint density at radius 1 is 1.03 bits per heavy atom. The van der Waals surface area contributed by atoms with Gasteiger partial charge in [-0.15, -0.1) is 0 Å². The molecule has 2 aromatic carbocycles. The molecular weight excluding hydrogens is 483 g/mol. The number of rotatable bonds is 10. The van der Waals surface area contributed by atoms with Crippen molar-refractivity contribution in [1.29, 1.82) is 0 Å². The quantitative estimate of drug-likeness (QED) is 0.530. The van der Waals surface area contributed by atoms with Crippen LogP contribution >= 0.6 is 11.6 Å². The molecule has 0 aliphatic rings. The zero-order valence-electron chi connectivity index (χ0n) is 19.8. The standard InChI is InChI=1S/C23H30ClFN4O4S/c1-16(2)26-23(31)17(3)28(14-18-10-6-7-11-19(18)24)22(30)15-29(34(32,33)27(4)5)21-13-9-8-12-20(21)25/h6-13,16-17H,14-15H2,1-5H3,(H,26,31)/t17-/m1/s1. The van der Waals surface area contributed by atoms with E-state index < -0.39 is 40.4 Å². The number of carbonyl (C=O) groups is 2. The van der Waals surface area contributed by atoms with E-state index in [4.69, 9.17) is 11.6 Å². The van der Waals surface area contributed by atoms with Crippen LogP contribution in [0.25, 0.3) is 0 Å². The summed E-state index contributed by atoms with van der Waals surface area (Å²) < 4.78 is 42.2. The third kappa shape index (κ3) is 6.68. The predicted octanol–water partition coefficient (Wildman–Crippen LogP) is 3.03. The zero-order valence-corrected chi connectivity index (χ0v) is 21.4. The molecular formula is C23H30ClFN4O4S. The molecule has 2 aromatic rings. The molecule has 2 amide bonds. The summed E-state index contributed by atoms with van der Waals surface area (Å²) in [4.78, 5) is 27.5. The summed E-state index contributed by atoms with van der Waals surface area (Å²) in [5.74, 6) is -1.91. The molecule has 1 atom stereocenters. The molecule has 0 aromatic heterocycles. The Balaban J connectivity index is 2.49. The van der Waals surface area contributed by atoms with Crippen LogP contribution in [0.5, 0.6) is 0 Å². The van der Waals surface area contributed by atoms with Crippen LogP contribution in [0.4, 0.5) is 10.1 Å². The highest BCUT2D eigenvalue weighted by Gasteiger charge is 2.34. The lowest BCUT2D eigenvalue weighted by Gasteiger charge is -2.33. The first-order valence-corrected chi connectivity index (χ1v) is 12.4. The summed E-state index contributed by atoms with van der Waals surface area (Å²) in [6, 6.07) is 11.0. The fourth-order valence-electron chi connectivity index (χ4n) is 3.15. The van der Waals surface area contributed by atoms with E-state index in [1.165, 1.54) is 37.2 Å².